The first-order valence-corrected chi connectivity index (χ1v) is 6.46. The van der Waals surface area contributed by atoms with E-state index in [0.29, 0.717) is 0 Å². The zero-order chi connectivity index (χ0) is 16.2. The smallest absolute Gasteiger partial charge is 0.303 e. The molecule has 0 radical (unpaired) electrons. The maximum Gasteiger partial charge on any atom is 0.303 e. The normalized spacial score (nSPS) is 32.1. The summed E-state index contributed by atoms with van der Waals surface area (Å²) in [7, 11) is 1.37. The van der Waals surface area contributed by atoms with Gasteiger partial charge in [0.15, 0.2) is 24.6 Å². The van der Waals surface area contributed by atoms with E-state index in [9.17, 15) is 14.4 Å². The molecule has 0 aromatic carbocycles. The lowest BCUT2D eigenvalue weighted by Crippen LogP contribution is -2.60. The molecule has 0 spiro atoms. The fourth-order valence-electron chi connectivity index (χ4n) is 2.16. The van der Waals surface area contributed by atoms with Crippen molar-refractivity contribution in [3.63, 3.8) is 0 Å². The summed E-state index contributed by atoms with van der Waals surface area (Å²) in [6, 6.07) is 0. The van der Waals surface area contributed by atoms with Gasteiger partial charge in [-0.3, -0.25) is 14.4 Å². The van der Waals surface area contributed by atoms with E-state index in [1.807, 2.05) is 0 Å². The van der Waals surface area contributed by atoms with Crippen LogP contribution in [0.15, 0.2) is 0 Å². The number of carbonyl (C=O) groups is 3. The summed E-state index contributed by atoms with van der Waals surface area (Å²) in [6.07, 6.45) is -4.47. The van der Waals surface area contributed by atoms with Gasteiger partial charge in [-0.1, -0.05) is 0 Å². The first kappa shape index (κ1) is 17.4. The van der Waals surface area contributed by atoms with Gasteiger partial charge in [0.2, 0.25) is 0 Å². The average Bonchev–Trinajstić information content (AvgIpc) is 2.35. The molecule has 8 heteroatoms. The van der Waals surface area contributed by atoms with Gasteiger partial charge in [-0.2, -0.15) is 0 Å². The number of hydrogen-bond donors (Lipinski definition) is 0. The molecule has 0 aliphatic carbocycles. The van der Waals surface area contributed by atoms with Gasteiger partial charge in [0.05, 0.1) is 6.10 Å². The van der Waals surface area contributed by atoms with Crippen molar-refractivity contribution >= 4 is 17.9 Å². The zero-order valence-corrected chi connectivity index (χ0v) is 12.7. The fourth-order valence-corrected chi connectivity index (χ4v) is 2.16. The van der Waals surface area contributed by atoms with Crippen molar-refractivity contribution in [1.29, 1.82) is 0 Å². The molecule has 1 saturated heterocycles. The monoisotopic (exact) mass is 304 g/mol. The molecule has 120 valence electrons. The van der Waals surface area contributed by atoms with Gasteiger partial charge < -0.3 is 23.7 Å². The summed E-state index contributed by atoms with van der Waals surface area (Å²) in [5.41, 5.74) is 0. The van der Waals surface area contributed by atoms with Crippen LogP contribution in [0.25, 0.3) is 0 Å². The van der Waals surface area contributed by atoms with Gasteiger partial charge in [-0.15, -0.1) is 0 Å². The van der Waals surface area contributed by atoms with Crippen LogP contribution in [0, 0.1) is 0 Å². The minimum Gasteiger partial charge on any atom is -0.456 e. The summed E-state index contributed by atoms with van der Waals surface area (Å²) in [5.74, 6) is -1.76. The Labute approximate surface area is 122 Å². The highest BCUT2D eigenvalue weighted by molar-refractivity contribution is 5.68. The van der Waals surface area contributed by atoms with Crippen molar-refractivity contribution < 1.29 is 38.1 Å². The van der Waals surface area contributed by atoms with Crippen LogP contribution >= 0.6 is 0 Å². The molecule has 5 atom stereocenters. The van der Waals surface area contributed by atoms with Crippen molar-refractivity contribution in [2.45, 2.75) is 58.4 Å². The molecular weight excluding hydrogens is 284 g/mol. The maximum atomic E-state index is 11.3. The minimum absolute atomic E-state index is 0.565. The summed E-state index contributed by atoms with van der Waals surface area (Å²) in [5, 5.41) is 0. The Morgan fingerprint density at radius 1 is 0.810 bits per heavy atom. The molecule has 0 aromatic rings. The maximum absolute atomic E-state index is 11.3. The number of carbonyl (C=O) groups excluding carboxylic acids is 3. The van der Waals surface area contributed by atoms with E-state index in [1.165, 1.54) is 27.9 Å². The number of hydrogen-bond acceptors (Lipinski definition) is 8. The van der Waals surface area contributed by atoms with Crippen molar-refractivity contribution in [2.75, 3.05) is 7.11 Å². The van der Waals surface area contributed by atoms with E-state index in [0.717, 1.165) is 0 Å². The first-order valence-electron chi connectivity index (χ1n) is 6.46. The average molecular weight is 304 g/mol. The molecular formula is C13H20O8. The highest BCUT2D eigenvalue weighted by Crippen LogP contribution is 2.28. The van der Waals surface area contributed by atoms with Gasteiger partial charge in [-0.25, -0.2) is 0 Å². The lowest BCUT2D eigenvalue weighted by Gasteiger charge is -2.42. The summed E-state index contributed by atoms with van der Waals surface area (Å²) in [4.78, 5) is 33.7. The Kier molecular flexibility index (Phi) is 6.10. The van der Waals surface area contributed by atoms with Gasteiger partial charge in [0.1, 0.15) is 0 Å². The van der Waals surface area contributed by atoms with Crippen LogP contribution in [-0.4, -0.2) is 55.7 Å². The second kappa shape index (κ2) is 7.37. The van der Waals surface area contributed by atoms with E-state index < -0.39 is 48.6 Å². The molecule has 1 rings (SSSR count). The van der Waals surface area contributed by atoms with Gasteiger partial charge in [-0.05, 0) is 6.92 Å². The van der Waals surface area contributed by atoms with E-state index in [-0.39, 0.29) is 0 Å². The molecule has 0 saturated carbocycles. The van der Waals surface area contributed by atoms with Gasteiger partial charge in [0, 0.05) is 27.9 Å². The Balaban J connectivity index is 3.08. The molecule has 8 nitrogen and oxygen atoms in total. The molecule has 1 aliphatic rings. The number of esters is 3. The fraction of sp³-hybridized carbons (Fsp3) is 0.769. The van der Waals surface area contributed by atoms with E-state index >= 15 is 0 Å². The highest BCUT2D eigenvalue weighted by Gasteiger charge is 2.50. The van der Waals surface area contributed by atoms with Crippen LogP contribution in [0.1, 0.15) is 27.7 Å². The van der Waals surface area contributed by atoms with Crippen LogP contribution in [-0.2, 0) is 38.1 Å². The lowest BCUT2D eigenvalue weighted by atomic mass is 9.99. The largest absolute Gasteiger partial charge is 0.456 e. The van der Waals surface area contributed by atoms with E-state index in [2.05, 4.69) is 0 Å². The zero-order valence-electron chi connectivity index (χ0n) is 12.7. The van der Waals surface area contributed by atoms with E-state index in [1.54, 1.807) is 6.92 Å². The molecule has 1 heterocycles. The second-order valence-corrected chi connectivity index (χ2v) is 4.67. The molecule has 0 bridgehead atoms. The second-order valence-electron chi connectivity index (χ2n) is 4.67. The molecule has 0 N–H and O–H groups in total. The molecule has 1 aliphatic heterocycles. The third kappa shape index (κ3) is 4.68. The minimum atomic E-state index is -1.03. The third-order valence-corrected chi connectivity index (χ3v) is 2.87. The number of methoxy groups -OCH3 is 1. The molecule has 21 heavy (non-hydrogen) atoms. The quantitative estimate of drug-likeness (QED) is 0.535. The van der Waals surface area contributed by atoms with Crippen LogP contribution in [0.2, 0.25) is 0 Å². The molecule has 0 amide bonds. The first-order chi connectivity index (χ1) is 9.76. The summed E-state index contributed by atoms with van der Waals surface area (Å²) >= 11 is 0. The van der Waals surface area contributed by atoms with Gasteiger partial charge in [0.25, 0.3) is 0 Å². The number of rotatable bonds is 4. The Morgan fingerprint density at radius 3 is 1.67 bits per heavy atom. The van der Waals surface area contributed by atoms with Gasteiger partial charge >= 0.3 is 17.9 Å². The highest BCUT2D eigenvalue weighted by atomic mass is 16.7. The van der Waals surface area contributed by atoms with Crippen molar-refractivity contribution in [3.8, 4) is 0 Å². The summed E-state index contributed by atoms with van der Waals surface area (Å²) < 4.78 is 26.0. The predicted octanol–water partition coefficient (Wildman–Crippen LogP) is 0.173. The van der Waals surface area contributed by atoms with Crippen LogP contribution < -0.4 is 0 Å². The summed E-state index contributed by atoms with van der Waals surface area (Å²) in [6.45, 7) is 5.27. The van der Waals surface area contributed by atoms with Crippen LogP contribution in [0.4, 0.5) is 0 Å². The van der Waals surface area contributed by atoms with Crippen molar-refractivity contribution in [2.24, 2.45) is 0 Å². The lowest BCUT2D eigenvalue weighted by molar-refractivity contribution is -0.294. The van der Waals surface area contributed by atoms with Crippen LogP contribution in [0.3, 0.4) is 0 Å². The third-order valence-electron chi connectivity index (χ3n) is 2.87. The predicted molar refractivity (Wildman–Crippen MR) is 68.0 cm³/mol. The SMILES string of the molecule is CO[C@@H]1O[C@H](C)[C@@H](OC(C)=O)[C@H](OC(C)=O)[C@H]1OC(C)=O. The van der Waals surface area contributed by atoms with Crippen LogP contribution in [0.5, 0.6) is 0 Å². The molecule has 0 unspecified atom stereocenters. The standard InChI is InChI=1S/C13H20O8/c1-6-10(19-7(2)14)11(20-8(3)15)12(21-9(4)16)13(17-5)18-6/h6,10-13H,1-5H3/t6-,10-,11+,12-,13-/m1/s1. The molecule has 0 aromatic heterocycles. The number of ether oxygens (including phenoxy) is 5. The molecule has 1 fully saturated rings. The van der Waals surface area contributed by atoms with Crippen molar-refractivity contribution in [3.05, 3.63) is 0 Å². The van der Waals surface area contributed by atoms with E-state index in [4.69, 9.17) is 23.7 Å². The Hall–Kier alpha value is -1.67. The topological polar surface area (TPSA) is 97.4 Å². The van der Waals surface area contributed by atoms with Crippen molar-refractivity contribution in [1.82, 2.24) is 0 Å². The Morgan fingerprint density at radius 2 is 1.24 bits per heavy atom. The Bertz CT molecular complexity index is 407.